The fourth-order valence-electron chi connectivity index (χ4n) is 4.86. The van der Waals surface area contributed by atoms with Gasteiger partial charge in [0.15, 0.2) is 0 Å². The molecule has 2 aliphatic rings. The Bertz CT molecular complexity index is 1080. The van der Waals surface area contributed by atoms with Gasteiger partial charge < -0.3 is 10.6 Å². The first-order chi connectivity index (χ1) is 14.7. The van der Waals surface area contributed by atoms with Gasteiger partial charge in [-0.05, 0) is 61.6 Å². The monoisotopic (exact) mass is 462 g/mol. The Kier molecular flexibility index (Phi) is 6.00. The zero-order valence-electron chi connectivity index (χ0n) is 17.2. The lowest BCUT2D eigenvalue weighted by Gasteiger charge is -2.42. The number of halogens is 1. The van der Waals surface area contributed by atoms with Crippen LogP contribution < -0.4 is 15.8 Å². The Morgan fingerprint density at radius 2 is 1.77 bits per heavy atom. The van der Waals surface area contributed by atoms with Crippen LogP contribution in [0, 0.1) is 0 Å². The highest BCUT2D eigenvalue weighted by Gasteiger charge is 2.41. The molecule has 2 fully saturated rings. The highest BCUT2D eigenvalue weighted by Crippen LogP contribution is 2.41. The highest BCUT2D eigenvalue weighted by atomic mass is 35.5. The maximum absolute atomic E-state index is 13.1. The molecule has 2 amide bonds. The summed E-state index contributed by atoms with van der Waals surface area (Å²) in [4.78, 5) is 16.7. The summed E-state index contributed by atoms with van der Waals surface area (Å²) < 4.78 is 23.3. The summed E-state index contributed by atoms with van der Waals surface area (Å²) in [7, 11) is -3.82. The van der Waals surface area contributed by atoms with Crippen molar-refractivity contribution in [1.29, 1.82) is 0 Å². The van der Waals surface area contributed by atoms with E-state index >= 15 is 0 Å². The van der Waals surface area contributed by atoms with E-state index in [1.807, 2.05) is 23.1 Å². The molecule has 2 aromatic rings. The van der Waals surface area contributed by atoms with Crippen molar-refractivity contribution in [3.05, 3.63) is 59.1 Å². The Morgan fingerprint density at radius 3 is 2.42 bits per heavy atom. The first kappa shape index (κ1) is 22.1. The number of benzene rings is 2. The predicted octanol–water partition coefficient (Wildman–Crippen LogP) is 3.07. The molecule has 1 heterocycles. The summed E-state index contributed by atoms with van der Waals surface area (Å²) in [5.74, 6) is 0. The van der Waals surface area contributed by atoms with Crippen molar-refractivity contribution in [2.24, 2.45) is 10.9 Å². The molecular weight excluding hydrogens is 436 g/mol. The average molecular weight is 463 g/mol. The third-order valence-corrected chi connectivity index (χ3v) is 7.83. The summed E-state index contributed by atoms with van der Waals surface area (Å²) in [6.45, 7) is 1.66. The fourth-order valence-corrected chi connectivity index (χ4v) is 5.60. The SMILES string of the molecule is NC[C@]1(c2cccc(Cl)c2)CC[C@H](N2CCN(c3cccc(S(N)(=O)=O)c3)C2=O)CC1. The van der Waals surface area contributed by atoms with Gasteiger partial charge in [-0.3, -0.25) is 4.90 Å². The summed E-state index contributed by atoms with van der Waals surface area (Å²) in [6.07, 6.45) is 3.50. The Morgan fingerprint density at radius 1 is 1.06 bits per heavy atom. The number of sulfonamides is 1. The number of primary sulfonamides is 1. The van der Waals surface area contributed by atoms with Crippen LogP contribution in [-0.2, 0) is 15.4 Å². The van der Waals surface area contributed by atoms with Crippen molar-refractivity contribution >= 4 is 33.3 Å². The van der Waals surface area contributed by atoms with Crippen LogP contribution >= 0.6 is 11.6 Å². The van der Waals surface area contributed by atoms with Gasteiger partial charge in [-0.1, -0.05) is 29.8 Å². The number of hydrogen-bond donors (Lipinski definition) is 2. The zero-order chi connectivity index (χ0) is 22.2. The third kappa shape index (κ3) is 4.30. The number of anilines is 1. The van der Waals surface area contributed by atoms with Crippen LogP contribution in [0.15, 0.2) is 53.4 Å². The molecule has 1 aliphatic carbocycles. The quantitative estimate of drug-likeness (QED) is 0.711. The zero-order valence-corrected chi connectivity index (χ0v) is 18.8. The molecule has 1 saturated carbocycles. The molecule has 166 valence electrons. The van der Waals surface area contributed by atoms with Gasteiger partial charge in [0, 0.05) is 41.8 Å². The summed E-state index contributed by atoms with van der Waals surface area (Å²) in [5, 5.41) is 5.95. The van der Waals surface area contributed by atoms with Crippen LogP contribution in [0.2, 0.25) is 5.02 Å². The minimum atomic E-state index is -3.82. The van der Waals surface area contributed by atoms with Crippen molar-refractivity contribution < 1.29 is 13.2 Å². The molecule has 0 bridgehead atoms. The molecule has 0 spiro atoms. The first-order valence-electron chi connectivity index (χ1n) is 10.4. The van der Waals surface area contributed by atoms with E-state index in [1.54, 1.807) is 17.0 Å². The van der Waals surface area contributed by atoms with Gasteiger partial charge in [-0.25, -0.2) is 18.4 Å². The molecule has 0 radical (unpaired) electrons. The molecule has 31 heavy (non-hydrogen) atoms. The van der Waals surface area contributed by atoms with Crippen molar-refractivity contribution in [2.75, 3.05) is 24.5 Å². The maximum Gasteiger partial charge on any atom is 0.324 e. The number of carbonyl (C=O) groups excluding carboxylic acids is 1. The van der Waals surface area contributed by atoms with Gasteiger partial charge in [-0.2, -0.15) is 0 Å². The van der Waals surface area contributed by atoms with Gasteiger partial charge >= 0.3 is 6.03 Å². The van der Waals surface area contributed by atoms with Gasteiger partial charge in [0.1, 0.15) is 0 Å². The van der Waals surface area contributed by atoms with Crippen molar-refractivity contribution in [3.63, 3.8) is 0 Å². The fraction of sp³-hybridized carbons (Fsp3) is 0.409. The Hall–Kier alpha value is -2.13. The Balaban J connectivity index is 1.47. The van der Waals surface area contributed by atoms with Gasteiger partial charge in [-0.15, -0.1) is 0 Å². The largest absolute Gasteiger partial charge is 0.330 e. The van der Waals surface area contributed by atoms with E-state index in [0.717, 1.165) is 31.2 Å². The number of carbonyl (C=O) groups is 1. The third-order valence-electron chi connectivity index (χ3n) is 6.68. The van der Waals surface area contributed by atoms with Crippen LogP contribution in [0.3, 0.4) is 0 Å². The van der Waals surface area contributed by atoms with Crippen molar-refractivity contribution in [1.82, 2.24) is 4.90 Å². The summed E-state index contributed by atoms with van der Waals surface area (Å²) in [6, 6.07) is 14.2. The standard InChI is InChI=1S/C22H27ClN4O3S/c23-17-4-1-3-16(13-17)22(15-24)9-7-18(8-10-22)26-11-12-27(21(26)28)19-5-2-6-20(14-19)31(25,29)30/h1-6,13-14,18H,7-12,15,24H2,(H2,25,29,30)/t18-,22-. The molecular formula is C22H27ClN4O3S. The molecule has 1 aliphatic heterocycles. The number of nitrogens with two attached hydrogens (primary N) is 2. The van der Waals surface area contributed by atoms with Gasteiger partial charge in [0.05, 0.1) is 4.90 Å². The predicted molar refractivity (Wildman–Crippen MR) is 122 cm³/mol. The van der Waals surface area contributed by atoms with E-state index < -0.39 is 10.0 Å². The number of nitrogens with zero attached hydrogens (tertiary/aromatic N) is 2. The topological polar surface area (TPSA) is 110 Å². The molecule has 0 aromatic heterocycles. The van der Waals surface area contributed by atoms with E-state index in [1.165, 1.54) is 12.1 Å². The summed E-state index contributed by atoms with van der Waals surface area (Å²) >= 11 is 6.20. The van der Waals surface area contributed by atoms with Crippen LogP contribution in [0.1, 0.15) is 31.2 Å². The first-order valence-corrected chi connectivity index (χ1v) is 12.3. The summed E-state index contributed by atoms with van der Waals surface area (Å²) in [5.41, 5.74) is 7.79. The smallest absolute Gasteiger partial charge is 0.324 e. The van der Waals surface area contributed by atoms with E-state index in [0.29, 0.717) is 30.3 Å². The van der Waals surface area contributed by atoms with Crippen LogP contribution in [0.4, 0.5) is 10.5 Å². The second-order valence-electron chi connectivity index (χ2n) is 8.40. The lowest BCUT2D eigenvalue weighted by atomic mass is 9.68. The second-order valence-corrected chi connectivity index (χ2v) is 10.4. The van der Waals surface area contributed by atoms with Crippen LogP contribution in [0.5, 0.6) is 0 Å². The molecule has 9 heteroatoms. The number of amides is 2. The van der Waals surface area contributed by atoms with Crippen molar-refractivity contribution in [3.8, 4) is 0 Å². The van der Waals surface area contributed by atoms with Gasteiger partial charge in [0.25, 0.3) is 0 Å². The molecule has 4 rings (SSSR count). The minimum absolute atomic E-state index is 0.00293. The molecule has 4 N–H and O–H groups in total. The molecule has 7 nitrogen and oxygen atoms in total. The van der Waals surface area contributed by atoms with E-state index in [-0.39, 0.29) is 22.4 Å². The average Bonchev–Trinajstić information content (AvgIpc) is 3.14. The van der Waals surface area contributed by atoms with Crippen LogP contribution in [-0.4, -0.2) is 45.0 Å². The molecule has 0 atom stereocenters. The number of hydrogen-bond acceptors (Lipinski definition) is 4. The van der Waals surface area contributed by atoms with Gasteiger partial charge in [0.2, 0.25) is 10.0 Å². The second kappa shape index (κ2) is 8.43. The lowest BCUT2D eigenvalue weighted by molar-refractivity contribution is 0.156. The maximum atomic E-state index is 13.1. The van der Waals surface area contributed by atoms with Crippen molar-refractivity contribution in [2.45, 2.75) is 42.0 Å². The van der Waals surface area contributed by atoms with Crippen LogP contribution in [0.25, 0.3) is 0 Å². The van der Waals surface area contributed by atoms with E-state index in [4.69, 9.17) is 22.5 Å². The van der Waals surface area contributed by atoms with E-state index in [2.05, 4.69) is 6.07 Å². The lowest BCUT2D eigenvalue weighted by Crippen LogP contribution is -2.46. The highest BCUT2D eigenvalue weighted by molar-refractivity contribution is 7.89. The molecule has 2 aromatic carbocycles. The minimum Gasteiger partial charge on any atom is -0.330 e. The molecule has 0 unspecified atom stereocenters. The number of urea groups is 1. The normalized spacial score (nSPS) is 24.6. The van der Waals surface area contributed by atoms with E-state index in [9.17, 15) is 13.2 Å². The molecule has 1 saturated heterocycles. The number of rotatable bonds is 5. The Labute approximate surface area is 188 Å².